The van der Waals surface area contributed by atoms with E-state index in [0.717, 1.165) is 17.8 Å². The van der Waals surface area contributed by atoms with Crippen molar-refractivity contribution >= 4 is 22.4 Å². The fourth-order valence-electron chi connectivity index (χ4n) is 1.89. The van der Waals surface area contributed by atoms with Crippen molar-refractivity contribution in [3.63, 3.8) is 0 Å². The minimum atomic E-state index is -0.904. The van der Waals surface area contributed by atoms with Gasteiger partial charge in [0.1, 0.15) is 0 Å². The molecule has 1 aromatic carbocycles. The maximum atomic E-state index is 12.0. The first-order valence-electron chi connectivity index (χ1n) is 6.39. The fourth-order valence-corrected chi connectivity index (χ4v) is 2.68. The minimum Gasteiger partial charge on any atom is -0.385 e. The molecule has 0 aliphatic carbocycles. The van der Waals surface area contributed by atoms with Crippen molar-refractivity contribution in [2.45, 2.75) is 26.8 Å². The third kappa shape index (κ3) is 5.03. The SMILES string of the molecule is CCNc1ccc(C(=O)NC(C)CS(C)=O)cc1C. The molecule has 0 saturated carbocycles. The van der Waals surface area contributed by atoms with Crippen molar-refractivity contribution in [1.29, 1.82) is 0 Å². The predicted octanol–water partition coefficient (Wildman–Crippen LogP) is 1.92. The van der Waals surface area contributed by atoms with Crippen LogP contribution in [-0.2, 0) is 10.8 Å². The normalized spacial score (nSPS) is 13.7. The Morgan fingerprint density at radius 2 is 2.11 bits per heavy atom. The Morgan fingerprint density at radius 3 is 2.63 bits per heavy atom. The maximum Gasteiger partial charge on any atom is 0.251 e. The molecule has 1 amide bonds. The Morgan fingerprint density at radius 1 is 1.42 bits per heavy atom. The second-order valence-corrected chi connectivity index (χ2v) is 6.15. The van der Waals surface area contributed by atoms with Crippen molar-refractivity contribution in [2.75, 3.05) is 23.9 Å². The van der Waals surface area contributed by atoms with E-state index in [4.69, 9.17) is 0 Å². The largest absolute Gasteiger partial charge is 0.385 e. The summed E-state index contributed by atoms with van der Waals surface area (Å²) in [7, 11) is -0.904. The van der Waals surface area contributed by atoms with Crippen LogP contribution < -0.4 is 10.6 Å². The number of aryl methyl sites for hydroxylation is 1. The molecule has 0 heterocycles. The molecule has 0 aromatic heterocycles. The topological polar surface area (TPSA) is 58.2 Å². The zero-order valence-electron chi connectivity index (χ0n) is 11.9. The monoisotopic (exact) mass is 282 g/mol. The quantitative estimate of drug-likeness (QED) is 0.838. The molecule has 1 aromatic rings. The van der Waals surface area contributed by atoms with Gasteiger partial charge >= 0.3 is 0 Å². The van der Waals surface area contributed by atoms with Crippen LogP contribution >= 0.6 is 0 Å². The Balaban J connectivity index is 2.72. The molecule has 19 heavy (non-hydrogen) atoms. The summed E-state index contributed by atoms with van der Waals surface area (Å²) in [5, 5.41) is 6.09. The lowest BCUT2D eigenvalue weighted by Crippen LogP contribution is -2.36. The van der Waals surface area contributed by atoms with Crippen molar-refractivity contribution in [3.05, 3.63) is 29.3 Å². The van der Waals surface area contributed by atoms with Crippen molar-refractivity contribution in [2.24, 2.45) is 0 Å². The van der Waals surface area contributed by atoms with Crippen molar-refractivity contribution in [3.8, 4) is 0 Å². The van der Waals surface area contributed by atoms with Gasteiger partial charge in [0.15, 0.2) is 0 Å². The Labute approximate surface area is 117 Å². The average Bonchev–Trinajstić information content (AvgIpc) is 2.30. The summed E-state index contributed by atoms with van der Waals surface area (Å²) >= 11 is 0. The highest BCUT2D eigenvalue weighted by atomic mass is 32.2. The zero-order chi connectivity index (χ0) is 14.4. The second-order valence-electron chi connectivity index (χ2n) is 4.67. The van der Waals surface area contributed by atoms with Gasteiger partial charge in [-0.3, -0.25) is 9.00 Å². The van der Waals surface area contributed by atoms with Gasteiger partial charge in [-0.15, -0.1) is 0 Å². The van der Waals surface area contributed by atoms with Crippen molar-refractivity contribution < 1.29 is 9.00 Å². The van der Waals surface area contributed by atoms with Gasteiger partial charge in [0.25, 0.3) is 5.91 Å². The van der Waals surface area contributed by atoms with Gasteiger partial charge < -0.3 is 10.6 Å². The van der Waals surface area contributed by atoms with Gasteiger partial charge in [-0.1, -0.05) is 0 Å². The molecule has 5 heteroatoms. The number of carbonyl (C=O) groups excluding carboxylic acids is 1. The molecule has 0 fully saturated rings. The molecule has 0 spiro atoms. The molecule has 0 bridgehead atoms. The number of hydrogen-bond donors (Lipinski definition) is 2. The number of carbonyl (C=O) groups is 1. The highest BCUT2D eigenvalue weighted by Gasteiger charge is 2.11. The van der Waals surface area contributed by atoms with Crippen LogP contribution in [-0.4, -0.2) is 34.7 Å². The average molecular weight is 282 g/mol. The molecular weight excluding hydrogens is 260 g/mol. The van der Waals surface area contributed by atoms with Gasteiger partial charge in [0.2, 0.25) is 0 Å². The Bertz CT molecular complexity index is 475. The van der Waals surface area contributed by atoms with Crippen LogP contribution in [0.5, 0.6) is 0 Å². The lowest BCUT2D eigenvalue weighted by Gasteiger charge is -2.14. The lowest BCUT2D eigenvalue weighted by atomic mass is 10.1. The number of amides is 1. The number of nitrogens with one attached hydrogen (secondary N) is 2. The van der Waals surface area contributed by atoms with E-state index in [1.807, 2.05) is 32.9 Å². The summed E-state index contributed by atoms with van der Waals surface area (Å²) < 4.78 is 11.1. The summed E-state index contributed by atoms with van der Waals surface area (Å²) in [4.78, 5) is 12.0. The highest BCUT2D eigenvalue weighted by Crippen LogP contribution is 2.16. The molecule has 106 valence electrons. The van der Waals surface area contributed by atoms with Gasteiger partial charge in [-0.05, 0) is 44.5 Å². The Kier molecular flexibility index (Phi) is 6.02. The zero-order valence-corrected chi connectivity index (χ0v) is 12.8. The lowest BCUT2D eigenvalue weighted by molar-refractivity contribution is 0.0943. The van der Waals surface area contributed by atoms with E-state index in [1.165, 1.54) is 0 Å². The van der Waals surface area contributed by atoms with Crippen LogP contribution in [0.2, 0.25) is 0 Å². The van der Waals surface area contributed by atoms with Crippen LogP contribution in [0.25, 0.3) is 0 Å². The van der Waals surface area contributed by atoms with E-state index in [1.54, 1.807) is 12.3 Å². The molecule has 4 nitrogen and oxygen atoms in total. The standard InChI is InChI=1S/C14H22N2O2S/c1-5-15-13-7-6-12(8-10(13)2)14(17)16-11(3)9-19(4)18/h6-8,11,15H,5,9H2,1-4H3,(H,16,17). The molecule has 2 atom stereocenters. The van der Waals surface area contributed by atoms with Crippen LogP contribution in [0.3, 0.4) is 0 Å². The second kappa shape index (κ2) is 7.28. The number of benzene rings is 1. The van der Waals surface area contributed by atoms with Gasteiger partial charge in [0, 0.05) is 46.6 Å². The van der Waals surface area contributed by atoms with Crippen LogP contribution in [0.15, 0.2) is 18.2 Å². The molecule has 0 aliphatic heterocycles. The number of anilines is 1. The third-order valence-electron chi connectivity index (χ3n) is 2.72. The molecule has 2 unspecified atom stereocenters. The minimum absolute atomic E-state index is 0.0907. The number of rotatable bonds is 6. The molecule has 0 saturated heterocycles. The summed E-state index contributed by atoms with van der Waals surface area (Å²) in [5.41, 5.74) is 2.72. The van der Waals surface area contributed by atoms with Crippen LogP contribution in [0.4, 0.5) is 5.69 Å². The van der Waals surface area contributed by atoms with E-state index in [9.17, 15) is 9.00 Å². The van der Waals surface area contributed by atoms with E-state index < -0.39 is 10.8 Å². The summed E-state index contributed by atoms with van der Waals surface area (Å²) in [6.07, 6.45) is 1.64. The molecular formula is C14H22N2O2S. The Hall–Kier alpha value is -1.36. The molecule has 2 N–H and O–H groups in total. The van der Waals surface area contributed by atoms with Crippen molar-refractivity contribution in [1.82, 2.24) is 5.32 Å². The summed E-state index contributed by atoms with van der Waals surface area (Å²) in [5.74, 6) is 0.351. The van der Waals surface area contributed by atoms with Gasteiger partial charge in [0.05, 0.1) is 0 Å². The van der Waals surface area contributed by atoms with Crippen LogP contribution in [0, 0.1) is 6.92 Å². The summed E-state index contributed by atoms with van der Waals surface area (Å²) in [6, 6.07) is 5.49. The van der Waals surface area contributed by atoms with E-state index in [-0.39, 0.29) is 11.9 Å². The summed E-state index contributed by atoms with van der Waals surface area (Å²) in [6.45, 7) is 6.72. The fraction of sp³-hybridized carbons (Fsp3) is 0.500. The highest BCUT2D eigenvalue weighted by molar-refractivity contribution is 7.84. The van der Waals surface area contributed by atoms with Gasteiger partial charge in [-0.25, -0.2) is 0 Å². The van der Waals surface area contributed by atoms with Gasteiger partial charge in [-0.2, -0.15) is 0 Å². The first-order valence-corrected chi connectivity index (χ1v) is 8.12. The van der Waals surface area contributed by atoms with E-state index in [2.05, 4.69) is 10.6 Å². The smallest absolute Gasteiger partial charge is 0.251 e. The van der Waals surface area contributed by atoms with E-state index >= 15 is 0 Å². The predicted molar refractivity (Wildman–Crippen MR) is 81.2 cm³/mol. The molecule has 0 aliphatic rings. The third-order valence-corrected chi connectivity index (χ3v) is 3.69. The van der Waals surface area contributed by atoms with E-state index in [0.29, 0.717) is 11.3 Å². The maximum absolute atomic E-state index is 12.0. The molecule has 0 radical (unpaired) electrons. The first kappa shape index (κ1) is 15.7. The van der Waals surface area contributed by atoms with Crippen LogP contribution in [0.1, 0.15) is 29.8 Å². The first-order chi connectivity index (χ1) is 8.93. The number of hydrogen-bond acceptors (Lipinski definition) is 3. The molecule has 1 rings (SSSR count).